The topological polar surface area (TPSA) is 96.5 Å². The summed E-state index contributed by atoms with van der Waals surface area (Å²) in [6.07, 6.45) is 0. The number of hydrogen-bond acceptors (Lipinski definition) is 8. The third-order valence-electron chi connectivity index (χ3n) is 6.41. The number of hydrogen-bond donors (Lipinski definition) is 1. The SMILES string of the molecule is Cc1ccc(C2C(C(=O)c3cc4ccccc4o3)=C(O)C(=O)N2c2nnc(SCc3ccccc3Cl)s2)cc1. The number of aliphatic hydroxyl groups is 1. The predicted molar refractivity (Wildman–Crippen MR) is 153 cm³/mol. The molecule has 1 unspecified atom stereocenters. The highest BCUT2D eigenvalue weighted by atomic mass is 35.5. The van der Waals surface area contributed by atoms with Crippen LogP contribution in [0.15, 0.2) is 99.0 Å². The molecule has 0 spiro atoms. The van der Waals surface area contributed by atoms with E-state index in [4.69, 9.17) is 16.0 Å². The number of aromatic nitrogens is 2. The first-order valence-corrected chi connectivity index (χ1v) is 14.1. The van der Waals surface area contributed by atoms with Crippen molar-refractivity contribution in [2.75, 3.05) is 4.90 Å². The highest BCUT2D eigenvalue weighted by molar-refractivity contribution is 8.00. The van der Waals surface area contributed by atoms with Crippen LogP contribution in [0.1, 0.15) is 33.3 Å². The van der Waals surface area contributed by atoms with E-state index >= 15 is 0 Å². The molecule has 3 aromatic carbocycles. The summed E-state index contributed by atoms with van der Waals surface area (Å²) in [6, 6.07) is 22.9. The van der Waals surface area contributed by atoms with Crippen LogP contribution < -0.4 is 4.90 Å². The number of ketones is 1. The Labute approximate surface area is 236 Å². The second-order valence-corrected chi connectivity index (χ2v) is 11.5. The quantitative estimate of drug-likeness (QED) is 0.124. The standard InChI is InChI=1S/C29H20ClN3O4S2/c1-16-10-12-17(13-11-16)24-23(25(34)22-14-18-6-3-5-9-21(18)37-22)26(35)27(36)33(24)28-31-32-29(39-28)38-15-19-7-2-4-8-20(19)30/h2-14,24,35H,15H2,1H3. The van der Waals surface area contributed by atoms with Gasteiger partial charge < -0.3 is 9.52 Å². The lowest BCUT2D eigenvalue weighted by atomic mass is 9.94. The summed E-state index contributed by atoms with van der Waals surface area (Å²) in [7, 11) is 0. The molecule has 1 atom stereocenters. The number of anilines is 1. The number of carbonyl (C=O) groups is 2. The van der Waals surface area contributed by atoms with Crippen molar-refractivity contribution in [2.24, 2.45) is 0 Å². The lowest BCUT2D eigenvalue weighted by Gasteiger charge is -2.23. The maximum absolute atomic E-state index is 13.8. The van der Waals surface area contributed by atoms with Gasteiger partial charge in [0.2, 0.25) is 10.9 Å². The van der Waals surface area contributed by atoms with Crippen molar-refractivity contribution in [1.29, 1.82) is 0 Å². The maximum Gasteiger partial charge on any atom is 0.296 e. The van der Waals surface area contributed by atoms with Crippen molar-refractivity contribution in [3.05, 3.63) is 118 Å². The highest BCUT2D eigenvalue weighted by Gasteiger charge is 2.46. The van der Waals surface area contributed by atoms with Crippen molar-refractivity contribution in [1.82, 2.24) is 10.2 Å². The van der Waals surface area contributed by atoms with Gasteiger partial charge in [0.15, 0.2) is 15.9 Å². The molecule has 0 aliphatic carbocycles. The number of halogens is 1. The van der Waals surface area contributed by atoms with Gasteiger partial charge in [-0.1, -0.05) is 101 Å². The third-order valence-corrected chi connectivity index (χ3v) is 8.88. The van der Waals surface area contributed by atoms with E-state index < -0.39 is 23.5 Å². The molecule has 0 bridgehead atoms. The van der Waals surface area contributed by atoms with E-state index in [9.17, 15) is 14.7 Å². The van der Waals surface area contributed by atoms with Gasteiger partial charge in [-0.3, -0.25) is 14.5 Å². The summed E-state index contributed by atoms with van der Waals surface area (Å²) in [5.74, 6) is -1.31. The van der Waals surface area contributed by atoms with Crippen molar-refractivity contribution in [3.8, 4) is 0 Å². The largest absolute Gasteiger partial charge is 0.503 e. The first-order valence-electron chi connectivity index (χ1n) is 12.0. The summed E-state index contributed by atoms with van der Waals surface area (Å²) >= 11 is 8.93. The molecule has 0 saturated carbocycles. The Kier molecular flexibility index (Phi) is 6.72. The Hall–Kier alpha value is -3.92. The molecule has 10 heteroatoms. The number of benzene rings is 3. The van der Waals surface area contributed by atoms with Crippen LogP contribution in [0.2, 0.25) is 5.02 Å². The average Bonchev–Trinajstić information content (AvgIpc) is 3.65. The molecule has 1 N–H and O–H groups in total. The van der Waals surface area contributed by atoms with Crippen LogP contribution in [-0.2, 0) is 10.5 Å². The van der Waals surface area contributed by atoms with Crippen molar-refractivity contribution in [2.45, 2.75) is 23.1 Å². The zero-order chi connectivity index (χ0) is 27.1. The first kappa shape index (κ1) is 25.4. The summed E-state index contributed by atoms with van der Waals surface area (Å²) < 4.78 is 6.42. The fourth-order valence-electron chi connectivity index (χ4n) is 4.44. The number of para-hydroxylation sites is 1. The minimum Gasteiger partial charge on any atom is -0.503 e. The molecule has 1 aliphatic rings. The minimum atomic E-state index is -0.909. The van der Waals surface area contributed by atoms with Gasteiger partial charge in [0.1, 0.15) is 5.58 Å². The molecular formula is C29H20ClN3O4S2. The lowest BCUT2D eigenvalue weighted by molar-refractivity contribution is -0.117. The zero-order valence-corrected chi connectivity index (χ0v) is 22.9. The van der Waals surface area contributed by atoms with E-state index in [1.807, 2.05) is 73.7 Å². The molecular weight excluding hydrogens is 554 g/mol. The van der Waals surface area contributed by atoms with E-state index in [0.717, 1.165) is 16.5 Å². The predicted octanol–water partition coefficient (Wildman–Crippen LogP) is 7.32. The van der Waals surface area contributed by atoms with Crippen molar-refractivity contribution >= 4 is 62.5 Å². The average molecular weight is 574 g/mol. The van der Waals surface area contributed by atoms with Crippen LogP contribution in [0.5, 0.6) is 0 Å². The smallest absolute Gasteiger partial charge is 0.296 e. The van der Waals surface area contributed by atoms with Gasteiger partial charge in [0.25, 0.3) is 5.91 Å². The number of Topliss-reactive ketones (excluding diaryl/α,β-unsaturated/α-hetero) is 1. The van der Waals surface area contributed by atoms with E-state index in [-0.39, 0.29) is 16.5 Å². The zero-order valence-electron chi connectivity index (χ0n) is 20.5. The molecule has 39 heavy (non-hydrogen) atoms. The van der Waals surface area contributed by atoms with E-state index in [1.54, 1.807) is 12.1 Å². The normalized spacial score (nSPS) is 15.5. The van der Waals surface area contributed by atoms with Crippen LogP contribution in [-0.4, -0.2) is 27.0 Å². The van der Waals surface area contributed by atoms with Crippen molar-refractivity contribution in [3.63, 3.8) is 0 Å². The Morgan fingerprint density at radius 2 is 1.82 bits per heavy atom. The molecule has 2 aromatic heterocycles. The fourth-order valence-corrected chi connectivity index (χ4v) is 6.59. The van der Waals surface area contributed by atoms with Crippen LogP contribution in [0, 0.1) is 6.92 Å². The van der Waals surface area contributed by atoms with E-state index in [2.05, 4.69) is 10.2 Å². The Morgan fingerprint density at radius 3 is 2.59 bits per heavy atom. The molecule has 5 aromatic rings. The molecule has 194 valence electrons. The number of carbonyl (C=O) groups excluding carboxylic acids is 2. The first-order chi connectivity index (χ1) is 18.9. The summed E-state index contributed by atoms with van der Waals surface area (Å²) in [4.78, 5) is 28.5. The van der Waals surface area contributed by atoms with Gasteiger partial charge in [-0.15, -0.1) is 10.2 Å². The van der Waals surface area contributed by atoms with Crippen molar-refractivity contribution < 1.29 is 19.1 Å². The highest BCUT2D eigenvalue weighted by Crippen LogP contribution is 2.44. The van der Waals surface area contributed by atoms with Crippen LogP contribution in [0.3, 0.4) is 0 Å². The second kappa shape index (κ2) is 10.3. The number of aliphatic hydroxyl groups excluding tert-OH is 1. The van der Waals surface area contributed by atoms with Gasteiger partial charge in [0, 0.05) is 16.2 Å². The van der Waals surface area contributed by atoms with Gasteiger partial charge in [-0.05, 0) is 36.2 Å². The van der Waals surface area contributed by atoms with Gasteiger partial charge in [0.05, 0.1) is 11.6 Å². The van der Waals surface area contributed by atoms with E-state index in [0.29, 0.717) is 26.3 Å². The van der Waals surface area contributed by atoms with Crippen LogP contribution >= 0.6 is 34.7 Å². The number of nitrogens with zero attached hydrogens (tertiary/aromatic N) is 3. The van der Waals surface area contributed by atoms with Crippen LogP contribution in [0.4, 0.5) is 5.13 Å². The molecule has 3 heterocycles. The number of fused-ring (bicyclic) bond motifs is 1. The fraction of sp³-hybridized carbons (Fsp3) is 0.103. The number of aryl methyl sites for hydroxylation is 1. The van der Waals surface area contributed by atoms with Gasteiger partial charge in [-0.2, -0.15) is 0 Å². The molecule has 0 saturated heterocycles. The molecule has 6 rings (SSSR count). The molecule has 1 amide bonds. The maximum atomic E-state index is 13.8. The third kappa shape index (κ3) is 4.73. The second-order valence-electron chi connectivity index (χ2n) is 8.96. The molecule has 0 fully saturated rings. The number of amides is 1. The van der Waals surface area contributed by atoms with Gasteiger partial charge >= 0.3 is 0 Å². The Morgan fingerprint density at radius 1 is 1.08 bits per heavy atom. The number of thioether (sulfide) groups is 1. The Balaban J connectivity index is 1.36. The Bertz CT molecular complexity index is 1730. The monoisotopic (exact) mass is 573 g/mol. The van der Waals surface area contributed by atoms with Gasteiger partial charge in [-0.25, -0.2) is 0 Å². The number of furan rings is 1. The summed E-state index contributed by atoms with van der Waals surface area (Å²) in [6.45, 7) is 1.95. The minimum absolute atomic E-state index is 0.0396. The molecule has 1 aliphatic heterocycles. The lowest BCUT2D eigenvalue weighted by Crippen LogP contribution is -2.31. The van der Waals surface area contributed by atoms with E-state index in [1.165, 1.54) is 28.0 Å². The molecule has 0 radical (unpaired) electrons. The molecule has 7 nitrogen and oxygen atoms in total. The summed E-state index contributed by atoms with van der Waals surface area (Å²) in [5.41, 5.74) is 3.09. The number of rotatable bonds is 7. The van der Waals surface area contributed by atoms with Crippen LogP contribution in [0.25, 0.3) is 11.0 Å². The summed E-state index contributed by atoms with van der Waals surface area (Å²) in [5, 5.41) is 21.2.